The first kappa shape index (κ1) is 22.7. The van der Waals surface area contributed by atoms with E-state index in [1.807, 2.05) is 13.8 Å². The number of aryl methyl sites for hydroxylation is 1. The highest BCUT2D eigenvalue weighted by molar-refractivity contribution is 7.92. The largest absolute Gasteiger partial charge is 0.494 e. The number of hydrogen-bond acceptors (Lipinski definition) is 4. The number of rotatable bonds is 8. The summed E-state index contributed by atoms with van der Waals surface area (Å²) in [4.78, 5) is 12.8. The van der Waals surface area contributed by atoms with E-state index in [2.05, 4.69) is 5.32 Å². The number of carbonyl (C=O) groups is 1. The number of nitrogens with one attached hydrogen (secondary N) is 1. The van der Waals surface area contributed by atoms with Crippen LogP contribution in [-0.2, 0) is 14.8 Å². The van der Waals surface area contributed by atoms with Gasteiger partial charge in [0.1, 0.15) is 12.3 Å². The normalized spacial score (nSPS) is 11.1. The molecular weight excluding hydrogens is 436 g/mol. The number of anilines is 2. The van der Waals surface area contributed by atoms with Crippen LogP contribution in [0, 0.1) is 6.92 Å². The van der Waals surface area contributed by atoms with E-state index in [-0.39, 0.29) is 11.4 Å². The predicted octanol–water partition coefficient (Wildman–Crippen LogP) is 4.88. The molecule has 0 saturated carbocycles. The van der Waals surface area contributed by atoms with Crippen molar-refractivity contribution in [3.8, 4) is 5.75 Å². The highest BCUT2D eigenvalue weighted by Crippen LogP contribution is 2.26. The minimum atomic E-state index is -4.00. The Balaban J connectivity index is 1.90. The molecule has 8 heteroatoms. The minimum absolute atomic E-state index is 0.0656. The molecule has 0 unspecified atom stereocenters. The van der Waals surface area contributed by atoms with Gasteiger partial charge < -0.3 is 10.1 Å². The number of hydrogen-bond donors (Lipinski definition) is 1. The summed E-state index contributed by atoms with van der Waals surface area (Å²) in [5.74, 6) is 0.0984. The Hall–Kier alpha value is -3.03. The lowest BCUT2D eigenvalue weighted by atomic mass is 10.2. The number of sulfonamides is 1. The van der Waals surface area contributed by atoms with Crippen molar-refractivity contribution in [3.63, 3.8) is 0 Å². The number of ether oxygens (including phenoxy) is 1. The van der Waals surface area contributed by atoms with Crippen LogP contribution in [0.25, 0.3) is 0 Å². The van der Waals surface area contributed by atoms with Crippen molar-refractivity contribution in [2.75, 3.05) is 22.8 Å². The fraction of sp³-hybridized carbons (Fsp3) is 0.174. The quantitative estimate of drug-likeness (QED) is 0.522. The van der Waals surface area contributed by atoms with E-state index in [1.54, 1.807) is 60.7 Å². The monoisotopic (exact) mass is 458 g/mol. The first-order valence-corrected chi connectivity index (χ1v) is 11.5. The van der Waals surface area contributed by atoms with Gasteiger partial charge in [0.05, 0.1) is 17.2 Å². The molecule has 1 N–H and O–H groups in total. The average molecular weight is 459 g/mol. The molecule has 3 aromatic rings. The van der Waals surface area contributed by atoms with Crippen LogP contribution in [0.2, 0.25) is 5.02 Å². The molecule has 1 amide bonds. The van der Waals surface area contributed by atoms with Crippen molar-refractivity contribution < 1.29 is 17.9 Å². The van der Waals surface area contributed by atoms with Crippen molar-refractivity contribution in [1.82, 2.24) is 0 Å². The fourth-order valence-electron chi connectivity index (χ4n) is 2.89. The summed E-state index contributed by atoms with van der Waals surface area (Å²) in [7, 11) is -4.00. The van der Waals surface area contributed by atoms with Crippen molar-refractivity contribution in [1.29, 1.82) is 0 Å². The summed E-state index contributed by atoms with van der Waals surface area (Å²) >= 11 is 5.87. The van der Waals surface area contributed by atoms with Gasteiger partial charge in [-0.2, -0.15) is 0 Å². The first-order chi connectivity index (χ1) is 14.8. The number of benzene rings is 3. The number of halogens is 1. The van der Waals surface area contributed by atoms with Gasteiger partial charge in [-0.25, -0.2) is 8.42 Å². The van der Waals surface area contributed by atoms with Crippen LogP contribution in [0.15, 0.2) is 77.7 Å². The van der Waals surface area contributed by atoms with Crippen LogP contribution in [0.5, 0.6) is 5.75 Å². The summed E-state index contributed by atoms with van der Waals surface area (Å²) in [6.45, 7) is 3.85. The maximum absolute atomic E-state index is 13.4. The first-order valence-electron chi connectivity index (χ1n) is 9.67. The highest BCUT2D eigenvalue weighted by atomic mass is 35.5. The van der Waals surface area contributed by atoms with Gasteiger partial charge in [-0.3, -0.25) is 9.10 Å². The zero-order chi connectivity index (χ0) is 22.4. The van der Waals surface area contributed by atoms with Gasteiger partial charge in [-0.05, 0) is 74.5 Å². The highest BCUT2D eigenvalue weighted by Gasteiger charge is 2.27. The molecule has 0 saturated heterocycles. The van der Waals surface area contributed by atoms with Gasteiger partial charge in [0, 0.05) is 10.7 Å². The van der Waals surface area contributed by atoms with Gasteiger partial charge >= 0.3 is 0 Å². The number of nitrogens with zero attached hydrogens (tertiary/aromatic N) is 1. The predicted molar refractivity (Wildman–Crippen MR) is 123 cm³/mol. The van der Waals surface area contributed by atoms with Gasteiger partial charge in [-0.15, -0.1) is 0 Å². The molecule has 0 aliphatic rings. The lowest BCUT2D eigenvalue weighted by molar-refractivity contribution is -0.114. The number of amides is 1. The van der Waals surface area contributed by atoms with E-state index < -0.39 is 15.9 Å². The van der Waals surface area contributed by atoms with Crippen molar-refractivity contribution >= 4 is 38.9 Å². The Morgan fingerprint density at radius 3 is 2.16 bits per heavy atom. The molecule has 0 aliphatic heterocycles. The molecule has 3 rings (SSSR count). The standard InChI is InChI=1S/C23H23ClN2O4S/c1-3-30-21-12-14-22(15-13-21)31(28,29)26(20-10-4-17(2)5-11-20)16-23(27)25-19-8-6-18(24)7-9-19/h4-15H,3,16H2,1-2H3,(H,25,27). The Kier molecular flexibility index (Phi) is 7.20. The van der Waals surface area contributed by atoms with Crippen LogP contribution < -0.4 is 14.4 Å². The lowest BCUT2D eigenvalue weighted by Crippen LogP contribution is -2.38. The molecule has 3 aromatic carbocycles. The second-order valence-corrected chi connectivity index (χ2v) is 9.11. The third-order valence-electron chi connectivity index (χ3n) is 4.46. The summed E-state index contributed by atoms with van der Waals surface area (Å²) in [5, 5.41) is 3.25. The molecule has 0 radical (unpaired) electrons. The van der Waals surface area contributed by atoms with Crippen LogP contribution in [0.3, 0.4) is 0 Å². The Bertz CT molecular complexity index is 1130. The number of carbonyl (C=O) groups excluding carboxylic acids is 1. The molecule has 0 atom stereocenters. The second kappa shape index (κ2) is 9.85. The van der Waals surface area contributed by atoms with Crippen LogP contribution in [0.4, 0.5) is 11.4 Å². The molecule has 162 valence electrons. The van der Waals surface area contributed by atoms with E-state index in [0.29, 0.717) is 28.8 Å². The average Bonchev–Trinajstić information content (AvgIpc) is 2.75. The Labute approximate surface area is 187 Å². The molecule has 0 spiro atoms. The zero-order valence-corrected chi connectivity index (χ0v) is 18.8. The van der Waals surface area contributed by atoms with Crippen LogP contribution in [-0.4, -0.2) is 27.5 Å². The van der Waals surface area contributed by atoms with E-state index in [1.165, 1.54) is 12.1 Å². The SMILES string of the molecule is CCOc1ccc(S(=O)(=O)N(CC(=O)Nc2ccc(Cl)cc2)c2ccc(C)cc2)cc1. The van der Waals surface area contributed by atoms with Gasteiger partial charge in [0.2, 0.25) is 5.91 Å². The van der Waals surface area contributed by atoms with E-state index in [9.17, 15) is 13.2 Å². The summed E-state index contributed by atoms with van der Waals surface area (Å²) in [6, 6.07) is 19.7. The molecular formula is C23H23ClN2O4S. The van der Waals surface area contributed by atoms with Crippen molar-refractivity contribution in [2.24, 2.45) is 0 Å². The molecule has 31 heavy (non-hydrogen) atoms. The molecule has 0 aliphatic carbocycles. The maximum Gasteiger partial charge on any atom is 0.264 e. The van der Waals surface area contributed by atoms with E-state index in [0.717, 1.165) is 9.87 Å². The zero-order valence-electron chi connectivity index (χ0n) is 17.2. The third-order valence-corrected chi connectivity index (χ3v) is 6.50. The third kappa shape index (κ3) is 5.77. The maximum atomic E-state index is 13.4. The summed E-state index contributed by atoms with van der Waals surface area (Å²) in [6.07, 6.45) is 0. The van der Waals surface area contributed by atoms with Crippen molar-refractivity contribution in [2.45, 2.75) is 18.7 Å². The lowest BCUT2D eigenvalue weighted by Gasteiger charge is -2.24. The van der Waals surface area contributed by atoms with Crippen LogP contribution >= 0.6 is 11.6 Å². The van der Waals surface area contributed by atoms with Crippen LogP contribution in [0.1, 0.15) is 12.5 Å². The van der Waals surface area contributed by atoms with Gasteiger partial charge in [-0.1, -0.05) is 29.3 Å². The summed E-state index contributed by atoms with van der Waals surface area (Å²) < 4.78 is 33.3. The Morgan fingerprint density at radius 1 is 0.968 bits per heavy atom. The van der Waals surface area contributed by atoms with Gasteiger partial charge in [0.25, 0.3) is 10.0 Å². The fourth-order valence-corrected chi connectivity index (χ4v) is 4.44. The van der Waals surface area contributed by atoms with Crippen molar-refractivity contribution in [3.05, 3.63) is 83.4 Å². The van der Waals surface area contributed by atoms with E-state index in [4.69, 9.17) is 16.3 Å². The summed E-state index contributed by atoms with van der Waals surface area (Å²) in [5.41, 5.74) is 1.90. The topological polar surface area (TPSA) is 75.7 Å². The minimum Gasteiger partial charge on any atom is -0.494 e. The Morgan fingerprint density at radius 2 is 1.58 bits per heavy atom. The second-order valence-electron chi connectivity index (χ2n) is 6.81. The molecule has 0 heterocycles. The molecule has 6 nitrogen and oxygen atoms in total. The van der Waals surface area contributed by atoms with Gasteiger partial charge in [0.15, 0.2) is 0 Å². The molecule has 0 aromatic heterocycles. The molecule has 0 fully saturated rings. The van der Waals surface area contributed by atoms with E-state index >= 15 is 0 Å². The molecule has 0 bridgehead atoms. The smallest absolute Gasteiger partial charge is 0.264 e.